The van der Waals surface area contributed by atoms with Crippen molar-refractivity contribution < 1.29 is 4.79 Å². The normalized spacial score (nSPS) is 18.0. The SMILES string of the molecule is O=C(c1cnccn1)N1CCC[C@@H]1c1ccnc2nccn12. The van der Waals surface area contributed by atoms with Crippen LogP contribution < -0.4 is 0 Å². The Morgan fingerprint density at radius 1 is 1.14 bits per heavy atom. The van der Waals surface area contributed by atoms with E-state index in [1.807, 2.05) is 21.6 Å². The van der Waals surface area contributed by atoms with Gasteiger partial charge < -0.3 is 4.90 Å². The molecule has 3 aromatic heterocycles. The molecule has 4 heterocycles. The summed E-state index contributed by atoms with van der Waals surface area (Å²) in [5.74, 6) is 0.567. The molecule has 1 aliphatic rings. The lowest BCUT2D eigenvalue weighted by Crippen LogP contribution is -2.32. The molecule has 3 aromatic rings. The van der Waals surface area contributed by atoms with E-state index in [1.165, 1.54) is 6.20 Å². The van der Waals surface area contributed by atoms with Crippen LogP contribution in [0.1, 0.15) is 35.1 Å². The number of hydrogen-bond donors (Lipinski definition) is 0. The second-order valence-electron chi connectivity index (χ2n) is 5.21. The fraction of sp³-hybridized carbons (Fsp3) is 0.267. The maximum Gasteiger partial charge on any atom is 0.274 e. The van der Waals surface area contributed by atoms with E-state index in [0.29, 0.717) is 11.5 Å². The van der Waals surface area contributed by atoms with Gasteiger partial charge in [-0.15, -0.1) is 0 Å². The summed E-state index contributed by atoms with van der Waals surface area (Å²) in [4.78, 5) is 31.1. The van der Waals surface area contributed by atoms with Crippen molar-refractivity contribution in [2.75, 3.05) is 6.54 Å². The van der Waals surface area contributed by atoms with E-state index >= 15 is 0 Å². The smallest absolute Gasteiger partial charge is 0.274 e. The number of carbonyl (C=O) groups is 1. The first-order valence-corrected chi connectivity index (χ1v) is 7.19. The number of amides is 1. The Bertz CT molecular complexity index is 815. The van der Waals surface area contributed by atoms with Gasteiger partial charge in [-0.25, -0.2) is 15.0 Å². The minimum absolute atomic E-state index is 0.00852. The lowest BCUT2D eigenvalue weighted by molar-refractivity contribution is 0.0725. The van der Waals surface area contributed by atoms with Crippen LogP contribution in [0, 0.1) is 0 Å². The van der Waals surface area contributed by atoms with Crippen molar-refractivity contribution in [2.45, 2.75) is 18.9 Å². The van der Waals surface area contributed by atoms with Gasteiger partial charge in [0.15, 0.2) is 0 Å². The average Bonchev–Trinajstić information content (AvgIpc) is 3.23. The summed E-state index contributed by atoms with van der Waals surface area (Å²) in [5, 5.41) is 0. The molecule has 110 valence electrons. The van der Waals surface area contributed by atoms with Gasteiger partial charge in [-0.05, 0) is 18.9 Å². The molecule has 1 amide bonds. The van der Waals surface area contributed by atoms with Crippen molar-refractivity contribution in [1.29, 1.82) is 0 Å². The highest BCUT2D eigenvalue weighted by atomic mass is 16.2. The molecule has 0 bridgehead atoms. The standard InChI is InChI=1S/C15H14N6O/c22-14(11-10-16-5-6-17-11)20-8-1-2-12(20)13-3-4-18-15-19-7-9-21(13)15/h3-7,9-10,12H,1-2,8H2/t12-/m1/s1. The van der Waals surface area contributed by atoms with Crippen LogP contribution >= 0.6 is 0 Å². The maximum atomic E-state index is 12.7. The second-order valence-corrected chi connectivity index (χ2v) is 5.21. The number of imidazole rings is 1. The van der Waals surface area contributed by atoms with E-state index in [4.69, 9.17) is 0 Å². The molecule has 0 spiro atoms. The van der Waals surface area contributed by atoms with Crippen molar-refractivity contribution in [1.82, 2.24) is 29.2 Å². The Morgan fingerprint density at radius 2 is 2.05 bits per heavy atom. The number of rotatable bonds is 2. The van der Waals surface area contributed by atoms with E-state index in [9.17, 15) is 4.79 Å². The number of fused-ring (bicyclic) bond motifs is 1. The van der Waals surface area contributed by atoms with Crippen LogP contribution in [0.4, 0.5) is 0 Å². The van der Waals surface area contributed by atoms with E-state index in [0.717, 1.165) is 25.1 Å². The summed E-state index contributed by atoms with van der Waals surface area (Å²) in [6, 6.07) is 1.95. The number of hydrogen-bond acceptors (Lipinski definition) is 5. The quantitative estimate of drug-likeness (QED) is 0.716. The molecule has 7 heteroatoms. The first kappa shape index (κ1) is 12.9. The monoisotopic (exact) mass is 294 g/mol. The molecule has 22 heavy (non-hydrogen) atoms. The highest BCUT2D eigenvalue weighted by Crippen LogP contribution is 2.32. The molecule has 0 saturated carbocycles. The highest BCUT2D eigenvalue weighted by molar-refractivity contribution is 5.92. The van der Waals surface area contributed by atoms with Gasteiger partial charge in [0.05, 0.1) is 12.2 Å². The molecule has 1 fully saturated rings. The van der Waals surface area contributed by atoms with Crippen LogP contribution in [-0.2, 0) is 0 Å². The largest absolute Gasteiger partial charge is 0.329 e. The molecule has 1 atom stereocenters. The third-order valence-electron chi connectivity index (χ3n) is 3.97. The van der Waals surface area contributed by atoms with Crippen molar-refractivity contribution >= 4 is 11.7 Å². The molecule has 1 aliphatic heterocycles. The Kier molecular flexibility index (Phi) is 3.03. The molecule has 0 radical (unpaired) electrons. The first-order chi connectivity index (χ1) is 10.8. The van der Waals surface area contributed by atoms with E-state index in [2.05, 4.69) is 19.9 Å². The Balaban J connectivity index is 1.72. The van der Waals surface area contributed by atoms with Crippen LogP contribution in [0.2, 0.25) is 0 Å². The Hall–Kier alpha value is -2.83. The maximum absolute atomic E-state index is 12.7. The molecule has 7 nitrogen and oxygen atoms in total. The van der Waals surface area contributed by atoms with E-state index < -0.39 is 0 Å². The van der Waals surface area contributed by atoms with Crippen molar-refractivity contribution in [2.24, 2.45) is 0 Å². The van der Waals surface area contributed by atoms with Crippen molar-refractivity contribution in [3.63, 3.8) is 0 Å². The van der Waals surface area contributed by atoms with Gasteiger partial charge in [-0.2, -0.15) is 0 Å². The minimum atomic E-state index is -0.0827. The molecule has 0 unspecified atom stereocenters. The second kappa shape index (κ2) is 5.18. The zero-order valence-electron chi connectivity index (χ0n) is 11.8. The number of aromatic nitrogens is 5. The van der Waals surface area contributed by atoms with Gasteiger partial charge in [0.1, 0.15) is 5.69 Å². The molecular weight excluding hydrogens is 280 g/mol. The molecule has 0 N–H and O–H groups in total. The molecule has 0 aliphatic carbocycles. The van der Waals surface area contributed by atoms with Crippen LogP contribution in [0.3, 0.4) is 0 Å². The molecule has 1 saturated heterocycles. The first-order valence-electron chi connectivity index (χ1n) is 7.19. The third-order valence-corrected chi connectivity index (χ3v) is 3.97. The minimum Gasteiger partial charge on any atom is -0.329 e. The van der Waals surface area contributed by atoms with E-state index in [1.54, 1.807) is 24.8 Å². The highest BCUT2D eigenvalue weighted by Gasteiger charge is 2.32. The Labute approximate surface area is 126 Å². The summed E-state index contributed by atoms with van der Waals surface area (Å²) in [6.45, 7) is 0.721. The summed E-state index contributed by atoms with van der Waals surface area (Å²) in [6.07, 6.45) is 11.8. The zero-order chi connectivity index (χ0) is 14.9. The summed E-state index contributed by atoms with van der Waals surface area (Å²) >= 11 is 0. The van der Waals surface area contributed by atoms with Gasteiger partial charge in [0.2, 0.25) is 5.78 Å². The van der Waals surface area contributed by atoms with Crippen LogP contribution in [0.5, 0.6) is 0 Å². The fourth-order valence-electron chi connectivity index (χ4n) is 3.00. The summed E-state index contributed by atoms with van der Waals surface area (Å²) in [7, 11) is 0. The molecule has 0 aromatic carbocycles. The lowest BCUT2D eigenvalue weighted by atomic mass is 10.1. The van der Waals surface area contributed by atoms with Crippen LogP contribution in [-0.4, -0.2) is 41.7 Å². The number of nitrogens with zero attached hydrogens (tertiary/aromatic N) is 6. The van der Waals surface area contributed by atoms with Gasteiger partial charge in [0, 0.05) is 43.2 Å². The fourth-order valence-corrected chi connectivity index (χ4v) is 3.00. The van der Waals surface area contributed by atoms with Gasteiger partial charge in [0.25, 0.3) is 5.91 Å². The lowest BCUT2D eigenvalue weighted by Gasteiger charge is -2.25. The van der Waals surface area contributed by atoms with Gasteiger partial charge in [-0.3, -0.25) is 14.2 Å². The van der Waals surface area contributed by atoms with Gasteiger partial charge in [-0.1, -0.05) is 0 Å². The summed E-state index contributed by atoms with van der Waals surface area (Å²) < 4.78 is 1.94. The third kappa shape index (κ3) is 2.02. The van der Waals surface area contributed by atoms with Crippen LogP contribution in [0.15, 0.2) is 43.2 Å². The predicted octanol–water partition coefficient (Wildman–Crippen LogP) is 1.50. The molecule has 4 rings (SSSR count). The zero-order valence-corrected chi connectivity index (χ0v) is 11.8. The number of likely N-dealkylation sites (tertiary alicyclic amines) is 1. The van der Waals surface area contributed by atoms with Crippen molar-refractivity contribution in [3.8, 4) is 0 Å². The molecular formula is C15H14N6O. The van der Waals surface area contributed by atoms with E-state index in [-0.39, 0.29) is 11.9 Å². The summed E-state index contributed by atoms with van der Waals surface area (Å²) in [5.41, 5.74) is 1.41. The average molecular weight is 294 g/mol. The van der Waals surface area contributed by atoms with Crippen molar-refractivity contribution in [3.05, 3.63) is 54.6 Å². The Morgan fingerprint density at radius 3 is 2.91 bits per heavy atom. The van der Waals surface area contributed by atoms with Crippen LogP contribution in [0.25, 0.3) is 5.78 Å². The topological polar surface area (TPSA) is 76.3 Å². The van der Waals surface area contributed by atoms with Gasteiger partial charge >= 0.3 is 0 Å². The predicted molar refractivity (Wildman–Crippen MR) is 78.0 cm³/mol. The number of carbonyl (C=O) groups excluding carboxylic acids is 1.